The Hall–Kier alpha value is -1.35. The summed E-state index contributed by atoms with van der Waals surface area (Å²) in [6, 6.07) is 11.8. The summed E-state index contributed by atoms with van der Waals surface area (Å²) in [5.41, 5.74) is 4.57. The monoisotopic (exact) mass is 347 g/mol. The Bertz CT molecular complexity index is 639. The normalized spacial score (nSPS) is 21.0. The van der Waals surface area contributed by atoms with Crippen molar-refractivity contribution >= 4 is 21.6 Å². The lowest BCUT2D eigenvalue weighted by Crippen LogP contribution is -2.34. The molecule has 2 aromatic carbocycles. The first-order valence-electron chi connectivity index (χ1n) is 7.32. The van der Waals surface area contributed by atoms with Crippen LogP contribution in [0.4, 0.5) is 10.1 Å². The lowest BCUT2D eigenvalue weighted by atomic mass is 9.75. The van der Waals surface area contributed by atoms with E-state index in [-0.39, 0.29) is 5.82 Å². The van der Waals surface area contributed by atoms with E-state index in [1.807, 2.05) is 12.1 Å². The van der Waals surface area contributed by atoms with Gasteiger partial charge in [0.25, 0.3) is 0 Å². The first kappa shape index (κ1) is 14.6. The predicted octanol–water partition coefficient (Wildman–Crippen LogP) is 5.56. The smallest absolute Gasteiger partial charge is 0.126 e. The summed E-state index contributed by atoms with van der Waals surface area (Å²) in [7, 11) is 0. The summed E-state index contributed by atoms with van der Waals surface area (Å²) >= 11 is 3.52. The third-order valence-electron chi connectivity index (χ3n) is 4.33. The quantitative estimate of drug-likeness (QED) is 0.765. The number of nitrogens with one attached hydrogen (secondary N) is 1. The number of hydrogen-bond donors (Lipinski definition) is 1. The number of benzene rings is 2. The highest BCUT2D eigenvalue weighted by molar-refractivity contribution is 9.10. The van der Waals surface area contributed by atoms with E-state index in [1.54, 1.807) is 12.1 Å². The van der Waals surface area contributed by atoms with E-state index in [0.717, 1.165) is 22.9 Å². The minimum atomic E-state index is -0.0723. The molecule has 3 heteroatoms. The van der Waals surface area contributed by atoms with E-state index in [0.29, 0.717) is 12.0 Å². The number of halogens is 2. The average Bonchev–Trinajstić information content (AvgIpc) is 2.37. The van der Waals surface area contributed by atoms with Crippen molar-refractivity contribution in [3.8, 4) is 0 Å². The number of rotatable bonds is 3. The fraction of sp³-hybridized carbons (Fsp3) is 0.333. The van der Waals surface area contributed by atoms with Crippen molar-refractivity contribution in [3.05, 3.63) is 63.4 Å². The van der Waals surface area contributed by atoms with Crippen molar-refractivity contribution in [1.29, 1.82) is 0 Å². The van der Waals surface area contributed by atoms with Crippen LogP contribution in [0.5, 0.6) is 0 Å². The summed E-state index contributed by atoms with van der Waals surface area (Å²) in [5.74, 6) is 0.275. The molecule has 0 aliphatic heterocycles. The Morgan fingerprint density at radius 2 is 1.71 bits per heavy atom. The zero-order valence-electron chi connectivity index (χ0n) is 12.3. The molecule has 2 aromatic rings. The Labute approximate surface area is 133 Å². The van der Waals surface area contributed by atoms with Gasteiger partial charge < -0.3 is 5.32 Å². The Kier molecular flexibility index (Phi) is 4.03. The highest BCUT2D eigenvalue weighted by atomic mass is 79.9. The zero-order valence-corrected chi connectivity index (χ0v) is 13.9. The molecule has 0 radical (unpaired) electrons. The molecule has 0 aromatic heterocycles. The fourth-order valence-electron chi connectivity index (χ4n) is 3.14. The van der Waals surface area contributed by atoms with Crippen LogP contribution in [0.1, 0.15) is 35.4 Å². The predicted molar refractivity (Wildman–Crippen MR) is 89.4 cm³/mol. The third-order valence-corrected chi connectivity index (χ3v) is 4.79. The number of hydrogen-bond acceptors (Lipinski definition) is 1. The lowest BCUT2D eigenvalue weighted by Gasteiger charge is -2.37. The second-order valence-corrected chi connectivity index (χ2v) is 6.86. The first-order valence-corrected chi connectivity index (χ1v) is 8.11. The average molecular weight is 348 g/mol. The highest BCUT2D eigenvalue weighted by Crippen LogP contribution is 2.40. The summed E-state index contributed by atoms with van der Waals surface area (Å²) < 4.78 is 14.9. The summed E-state index contributed by atoms with van der Waals surface area (Å²) in [6.45, 7) is 4.24. The van der Waals surface area contributed by atoms with E-state index in [2.05, 4.69) is 47.2 Å². The summed E-state index contributed by atoms with van der Waals surface area (Å²) in [6.07, 6.45) is 1.99. The van der Waals surface area contributed by atoms with Gasteiger partial charge in [0.2, 0.25) is 0 Å². The van der Waals surface area contributed by atoms with E-state index < -0.39 is 0 Å². The SMILES string of the molecule is Cc1cc(Br)cc(C)c1NC1CC(c2ccccc2F)C1. The molecule has 0 amide bonds. The molecular formula is C18H19BrFN. The highest BCUT2D eigenvalue weighted by Gasteiger charge is 2.32. The van der Waals surface area contributed by atoms with Crippen molar-refractivity contribution in [2.45, 2.75) is 38.6 Å². The summed E-state index contributed by atoms with van der Waals surface area (Å²) in [4.78, 5) is 0. The lowest BCUT2D eigenvalue weighted by molar-refractivity contribution is 0.363. The molecule has 3 rings (SSSR count). The van der Waals surface area contributed by atoms with Gasteiger partial charge in [-0.3, -0.25) is 0 Å². The maximum Gasteiger partial charge on any atom is 0.126 e. The Morgan fingerprint density at radius 3 is 2.33 bits per heavy atom. The van der Waals surface area contributed by atoms with Gasteiger partial charge in [0.1, 0.15) is 5.82 Å². The van der Waals surface area contributed by atoms with Crippen LogP contribution in [-0.2, 0) is 0 Å². The maximum atomic E-state index is 13.8. The van der Waals surface area contributed by atoms with Crippen LogP contribution in [0.3, 0.4) is 0 Å². The van der Waals surface area contributed by atoms with E-state index in [9.17, 15) is 4.39 Å². The van der Waals surface area contributed by atoms with Crippen LogP contribution < -0.4 is 5.32 Å². The standard InChI is InChI=1S/C18H19BrFN/c1-11-7-14(19)8-12(2)18(11)21-15-9-13(10-15)16-5-3-4-6-17(16)20/h3-8,13,15,21H,9-10H2,1-2H3. The zero-order chi connectivity index (χ0) is 15.0. The molecule has 0 bridgehead atoms. The third kappa shape index (κ3) is 2.98. The number of anilines is 1. The molecule has 0 unspecified atom stereocenters. The van der Waals surface area contributed by atoms with Crippen LogP contribution >= 0.6 is 15.9 Å². The second-order valence-electron chi connectivity index (χ2n) is 5.95. The van der Waals surface area contributed by atoms with Crippen LogP contribution in [0.25, 0.3) is 0 Å². The molecule has 1 N–H and O–H groups in total. The molecular weight excluding hydrogens is 329 g/mol. The molecule has 0 saturated heterocycles. The minimum Gasteiger partial charge on any atom is -0.382 e. The molecule has 1 nitrogen and oxygen atoms in total. The van der Waals surface area contributed by atoms with E-state index in [1.165, 1.54) is 16.8 Å². The molecule has 110 valence electrons. The van der Waals surface area contributed by atoms with Crippen LogP contribution in [0, 0.1) is 19.7 Å². The van der Waals surface area contributed by atoms with E-state index >= 15 is 0 Å². The van der Waals surface area contributed by atoms with Crippen molar-refractivity contribution in [2.75, 3.05) is 5.32 Å². The second kappa shape index (κ2) is 5.80. The molecule has 1 saturated carbocycles. The van der Waals surface area contributed by atoms with Crippen molar-refractivity contribution in [3.63, 3.8) is 0 Å². The molecule has 21 heavy (non-hydrogen) atoms. The van der Waals surface area contributed by atoms with Crippen LogP contribution in [-0.4, -0.2) is 6.04 Å². The van der Waals surface area contributed by atoms with Gasteiger partial charge in [0, 0.05) is 16.2 Å². The van der Waals surface area contributed by atoms with E-state index in [4.69, 9.17) is 0 Å². The Morgan fingerprint density at radius 1 is 1.10 bits per heavy atom. The fourth-order valence-corrected chi connectivity index (χ4v) is 3.83. The van der Waals surface area contributed by atoms with Crippen LogP contribution in [0.2, 0.25) is 0 Å². The molecule has 1 fully saturated rings. The first-order chi connectivity index (χ1) is 10.0. The largest absolute Gasteiger partial charge is 0.382 e. The van der Waals surface area contributed by atoms with Gasteiger partial charge in [-0.05, 0) is 67.5 Å². The van der Waals surface area contributed by atoms with Gasteiger partial charge in [-0.1, -0.05) is 34.1 Å². The molecule has 0 atom stereocenters. The molecule has 1 aliphatic carbocycles. The Balaban J connectivity index is 1.67. The minimum absolute atomic E-state index is 0.0723. The molecule has 1 aliphatic rings. The van der Waals surface area contributed by atoms with Gasteiger partial charge in [0.15, 0.2) is 0 Å². The van der Waals surface area contributed by atoms with Crippen LogP contribution in [0.15, 0.2) is 40.9 Å². The van der Waals surface area contributed by atoms with Gasteiger partial charge in [-0.15, -0.1) is 0 Å². The topological polar surface area (TPSA) is 12.0 Å². The summed E-state index contributed by atoms with van der Waals surface area (Å²) in [5, 5.41) is 3.62. The van der Waals surface area contributed by atoms with Crippen molar-refractivity contribution in [2.24, 2.45) is 0 Å². The van der Waals surface area contributed by atoms with Gasteiger partial charge in [0.05, 0.1) is 0 Å². The van der Waals surface area contributed by atoms with Crippen molar-refractivity contribution < 1.29 is 4.39 Å². The van der Waals surface area contributed by atoms with Gasteiger partial charge in [-0.2, -0.15) is 0 Å². The molecule has 0 spiro atoms. The van der Waals surface area contributed by atoms with Crippen molar-refractivity contribution in [1.82, 2.24) is 0 Å². The number of aryl methyl sites for hydroxylation is 2. The van der Waals surface area contributed by atoms with Gasteiger partial charge >= 0.3 is 0 Å². The maximum absolute atomic E-state index is 13.8. The molecule has 0 heterocycles. The van der Waals surface area contributed by atoms with Gasteiger partial charge in [-0.25, -0.2) is 4.39 Å².